The highest BCUT2D eigenvalue weighted by Crippen LogP contribution is 2.25. The van der Waals surface area contributed by atoms with Gasteiger partial charge in [-0.15, -0.1) is 5.10 Å². The molecule has 0 amide bonds. The maximum Gasteiger partial charge on any atom is 0.336 e. The average molecular weight is 326 g/mol. The first kappa shape index (κ1) is 15.8. The molecule has 0 saturated carbocycles. The van der Waals surface area contributed by atoms with E-state index in [-0.39, 0.29) is 17.9 Å². The lowest BCUT2D eigenvalue weighted by Gasteiger charge is -2.06. The van der Waals surface area contributed by atoms with Gasteiger partial charge in [-0.1, -0.05) is 0 Å². The van der Waals surface area contributed by atoms with E-state index in [1.807, 2.05) is 19.9 Å². The highest BCUT2D eigenvalue weighted by atomic mass is 16.5. The summed E-state index contributed by atoms with van der Waals surface area (Å²) in [6, 6.07) is 10.6. The van der Waals surface area contributed by atoms with Crippen LogP contribution in [0.3, 0.4) is 0 Å². The molecule has 1 N–H and O–H groups in total. The molecule has 7 nitrogen and oxygen atoms in total. The Balaban J connectivity index is 2.07. The minimum absolute atomic E-state index is 0.0393. The van der Waals surface area contributed by atoms with Crippen LogP contribution in [-0.4, -0.2) is 38.1 Å². The summed E-state index contributed by atoms with van der Waals surface area (Å²) in [4.78, 5) is 8.66. The van der Waals surface area contributed by atoms with E-state index in [0.29, 0.717) is 11.7 Å². The highest BCUT2D eigenvalue weighted by molar-refractivity contribution is 5.59. The topological polar surface area (TPSA) is 82.3 Å². The predicted molar refractivity (Wildman–Crippen MR) is 88.6 cm³/mol. The van der Waals surface area contributed by atoms with E-state index < -0.39 is 0 Å². The molecule has 0 fully saturated rings. The summed E-state index contributed by atoms with van der Waals surface area (Å²) >= 11 is 0. The fourth-order valence-corrected chi connectivity index (χ4v) is 2.15. The number of hydrogen-bond donors (Lipinski definition) is 1. The van der Waals surface area contributed by atoms with Crippen LogP contribution in [-0.2, 0) is 0 Å². The molecular formula is C17H18N4O3. The molecule has 0 spiro atoms. The SMILES string of the molecule is COc1ccc(-n2nc(OC(C)C)nc2-c2ccc(O)cc2)cn1. The Hall–Kier alpha value is -3.09. The molecule has 0 aliphatic heterocycles. The third kappa shape index (κ3) is 3.29. The highest BCUT2D eigenvalue weighted by Gasteiger charge is 2.16. The second kappa shape index (κ2) is 6.57. The number of benzene rings is 1. The summed E-state index contributed by atoms with van der Waals surface area (Å²) in [6.45, 7) is 3.83. The lowest BCUT2D eigenvalue weighted by Crippen LogP contribution is -2.07. The summed E-state index contributed by atoms with van der Waals surface area (Å²) in [5, 5.41) is 13.9. The zero-order valence-corrected chi connectivity index (χ0v) is 13.7. The Labute approximate surface area is 139 Å². The molecule has 2 aromatic heterocycles. The van der Waals surface area contributed by atoms with E-state index in [0.717, 1.165) is 11.3 Å². The number of methoxy groups -OCH3 is 1. The number of aromatic nitrogens is 4. The van der Waals surface area contributed by atoms with Gasteiger partial charge in [-0.25, -0.2) is 9.67 Å². The van der Waals surface area contributed by atoms with Crippen LogP contribution in [0, 0.1) is 0 Å². The lowest BCUT2D eigenvalue weighted by atomic mass is 10.2. The Morgan fingerprint density at radius 3 is 2.42 bits per heavy atom. The molecule has 0 bridgehead atoms. The summed E-state index contributed by atoms with van der Waals surface area (Å²) in [7, 11) is 1.56. The Morgan fingerprint density at radius 2 is 1.83 bits per heavy atom. The number of aromatic hydroxyl groups is 1. The molecule has 7 heteroatoms. The Kier molecular flexibility index (Phi) is 4.33. The number of pyridine rings is 1. The molecule has 124 valence electrons. The molecule has 1 aromatic carbocycles. The van der Waals surface area contributed by atoms with Gasteiger partial charge < -0.3 is 14.6 Å². The van der Waals surface area contributed by atoms with Crippen molar-refractivity contribution in [2.75, 3.05) is 7.11 Å². The van der Waals surface area contributed by atoms with Gasteiger partial charge in [0.2, 0.25) is 5.88 Å². The number of phenolic OH excluding ortho intramolecular Hbond substituents is 1. The van der Waals surface area contributed by atoms with Crippen LogP contribution in [0.25, 0.3) is 17.1 Å². The van der Waals surface area contributed by atoms with Gasteiger partial charge in [0.15, 0.2) is 5.82 Å². The molecule has 0 aliphatic rings. The van der Waals surface area contributed by atoms with E-state index in [9.17, 15) is 5.11 Å². The van der Waals surface area contributed by atoms with Crippen LogP contribution < -0.4 is 9.47 Å². The van der Waals surface area contributed by atoms with Gasteiger partial charge in [0, 0.05) is 11.6 Å². The first-order valence-electron chi connectivity index (χ1n) is 7.50. The quantitative estimate of drug-likeness (QED) is 0.776. The van der Waals surface area contributed by atoms with Crippen LogP contribution in [0.15, 0.2) is 42.6 Å². The van der Waals surface area contributed by atoms with Gasteiger partial charge in [-0.05, 0) is 44.2 Å². The number of hydrogen-bond acceptors (Lipinski definition) is 6. The zero-order chi connectivity index (χ0) is 17.1. The second-order valence-corrected chi connectivity index (χ2v) is 5.40. The standard InChI is InChI=1S/C17H18N4O3/c1-11(2)24-17-19-16(12-4-7-14(22)8-5-12)21(20-17)13-6-9-15(23-3)18-10-13/h4-11,22H,1-3H3. The smallest absolute Gasteiger partial charge is 0.336 e. The predicted octanol–water partition coefficient (Wildman–Crippen LogP) is 2.83. The van der Waals surface area contributed by atoms with Gasteiger partial charge in [-0.3, -0.25) is 0 Å². The van der Waals surface area contributed by atoms with Crippen molar-refractivity contribution < 1.29 is 14.6 Å². The van der Waals surface area contributed by atoms with Crippen molar-refractivity contribution in [1.82, 2.24) is 19.7 Å². The third-order valence-corrected chi connectivity index (χ3v) is 3.23. The largest absolute Gasteiger partial charge is 0.508 e. The summed E-state index contributed by atoms with van der Waals surface area (Å²) in [5.74, 6) is 1.30. The number of phenols is 1. The van der Waals surface area contributed by atoms with Gasteiger partial charge in [0.05, 0.1) is 25.1 Å². The van der Waals surface area contributed by atoms with Crippen LogP contribution in [0.2, 0.25) is 0 Å². The van der Waals surface area contributed by atoms with E-state index >= 15 is 0 Å². The van der Waals surface area contributed by atoms with Crippen molar-refractivity contribution in [3.8, 4) is 34.7 Å². The lowest BCUT2D eigenvalue weighted by molar-refractivity contribution is 0.222. The first-order chi connectivity index (χ1) is 11.6. The second-order valence-electron chi connectivity index (χ2n) is 5.40. The monoisotopic (exact) mass is 326 g/mol. The van der Waals surface area contributed by atoms with Gasteiger partial charge in [-0.2, -0.15) is 4.98 Å². The molecule has 0 unspecified atom stereocenters. The molecule has 24 heavy (non-hydrogen) atoms. The summed E-state index contributed by atoms with van der Waals surface area (Å²) in [6.07, 6.45) is 1.61. The molecule has 3 rings (SSSR count). The van der Waals surface area contributed by atoms with Crippen molar-refractivity contribution in [3.05, 3.63) is 42.6 Å². The van der Waals surface area contributed by atoms with Crippen molar-refractivity contribution >= 4 is 0 Å². The molecule has 3 aromatic rings. The average Bonchev–Trinajstić information content (AvgIpc) is 2.98. The molecule has 0 aliphatic carbocycles. The third-order valence-electron chi connectivity index (χ3n) is 3.23. The van der Waals surface area contributed by atoms with Crippen molar-refractivity contribution in [2.45, 2.75) is 20.0 Å². The number of ether oxygens (including phenoxy) is 2. The van der Waals surface area contributed by atoms with Crippen LogP contribution in [0.5, 0.6) is 17.6 Å². The molecule has 0 atom stereocenters. The molecule has 0 radical (unpaired) electrons. The molecule has 2 heterocycles. The van der Waals surface area contributed by atoms with Crippen LogP contribution in [0.4, 0.5) is 0 Å². The number of nitrogens with zero attached hydrogens (tertiary/aromatic N) is 4. The Bertz CT molecular complexity index is 811. The summed E-state index contributed by atoms with van der Waals surface area (Å²) in [5.41, 5.74) is 1.53. The maximum absolute atomic E-state index is 9.48. The molecular weight excluding hydrogens is 308 g/mol. The molecule has 0 saturated heterocycles. The summed E-state index contributed by atoms with van der Waals surface area (Å²) < 4.78 is 12.3. The van der Waals surface area contributed by atoms with Gasteiger partial charge in [0.25, 0.3) is 0 Å². The van der Waals surface area contributed by atoms with Crippen LogP contribution >= 0.6 is 0 Å². The van der Waals surface area contributed by atoms with Gasteiger partial charge in [0.1, 0.15) is 5.75 Å². The fraction of sp³-hybridized carbons (Fsp3) is 0.235. The first-order valence-corrected chi connectivity index (χ1v) is 7.50. The van der Waals surface area contributed by atoms with Gasteiger partial charge >= 0.3 is 6.01 Å². The fourth-order valence-electron chi connectivity index (χ4n) is 2.15. The minimum Gasteiger partial charge on any atom is -0.508 e. The van der Waals surface area contributed by atoms with Crippen molar-refractivity contribution in [2.24, 2.45) is 0 Å². The van der Waals surface area contributed by atoms with Crippen LogP contribution in [0.1, 0.15) is 13.8 Å². The maximum atomic E-state index is 9.48. The van der Waals surface area contributed by atoms with Crippen molar-refractivity contribution in [1.29, 1.82) is 0 Å². The van der Waals surface area contributed by atoms with Crippen molar-refractivity contribution in [3.63, 3.8) is 0 Å². The van der Waals surface area contributed by atoms with E-state index in [4.69, 9.17) is 9.47 Å². The van der Waals surface area contributed by atoms with E-state index in [1.165, 1.54) is 0 Å². The normalized spacial score (nSPS) is 10.8. The number of rotatable bonds is 5. The van der Waals surface area contributed by atoms with E-state index in [1.54, 1.807) is 48.3 Å². The van der Waals surface area contributed by atoms with E-state index in [2.05, 4.69) is 15.1 Å². The Morgan fingerprint density at radius 1 is 1.08 bits per heavy atom. The minimum atomic E-state index is -0.0393. The zero-order valence-electron chi connectivity index (χ0n) is 13.7.